The maximum absolute atomic E-state index is 13.1. The minimum absolute atomic E-state index is 0.0973. The third-order valence-corrected chi connectivity index (χ3v) is 19.6. The van der Waals surface area contributed by atoms with E-state index in [0.717, 1.165) is 161 Å². The highest BCUT2D eigenvalue weighted by molar-refractivity contribution is 7.47. The van der Waals surface area contributed by atoms with E-state index in [9.17, 15) is 43.2 Å². The van der Waals surface area contributed by atoms with Gasteiger partial charge in [0, 0.05) is 25.7 Å². The Morgan fingerprint density at radius 2 is 0.510 bits per heavy atom. The standard InChI is InChI=1S/C83H150O17P2/c1-5-9-13-17-21-25-29-33-36-37-38-39-42-45-48-52-56-60-64-68-81(86)94-74-79(100-83(88)70-66-62-58-54-50-46-41-35-31-27-23-19-15-11-7-3)76-98-102(91,92)96-72-77(84)71-95-101(89,90)97-75-78(99-82(87)69-65-61-57-53-49-43-32-28-24-20-16-12-8-4)73-93-80(85)67-63-59-55-51-47-44-40-34-30-26-22-18-14-10-6-2/h9,13,21-22,25-26,33-34,36,38-40,77-79,84H,5-8,10-12,14-20,23-24,27-32,35,37,41-76H2,1-4H3,(H,89,90)(H,91,92)/b13-9-,25-21-,26-22-,36-33-,39-38-,40-34-. The van der Waals surface area contributed by atoms with Crippen molar-refractivity contribution in [2.24, 2.45) is 0 Å². The molecule has 0 amide bonds. The van der Waals surface area contributed by atoms with Gasteiger partial charge in [0.15, 0.2) is 12.2 Å². The van der Waals surface area contributed by atoms with E-state index < -0.39 is 97.5 Å². The zero-order valence-corrected chi connectivity index (χ0v) is 66.8. The minimum Gasteiger partial charge on any atom is -0.462 e. The topological polar surface area (TPSA) is 237 Å². The zero-order valence-electron chi connectivity index (χ0n) is 65.0. The first-order chi connectivity index (χ1) is 49.7. The zero-order chi connectivity index (χ0) is 74.6. The molecule has 594 valence electrons. The van der Waals surface area contributed by atoms with E-state index in [1.54, 1.807) is 0 Å². The summed E-state index contributed by atoms with van der Waals surface area (Å²) in [6, 6.07) is 0. The van der Waals surface area contributed by atoms with Crippen LogP contribution in [0.4, 0.5) is 0 Å². The van der Waals surface area contributed by atoms with Gasteiger partial charge in [0.25, 0.3) is 0 Å². The van der Waals surface area contributed by atoms with Crippen molar-refractivity contribution in [1.82, 2.24) is 0 Å². The summed E-state index contributed by atoms with van der Waals surface area (Å²) in [7, 11) is -9.95. The number of carbonyl (C=O) groups excluding carboxylic acids is 4. The second kappa shape index (κ2) is 75.7. The van der Waals surface area contributed by atoms with Gasteiger partial charge >= 0.3 is 39.5 Å². The van der Waals surface area contributed by atoms with Crippen molar-refractivity contribution in [2.45, 2.75) is 393 Å². The molecule has 3 N–H and O–H groups in total. The smallest absolute Gasteiger partial charge is 0.462 e. The van der Waals surface area contributed by atoms with E-state index in [2.05, 4.69) is 101 Å². The lowest BCUT2D eigenvalue weighted by atomic mass is 10.0. The quantitative estimate of drug-likeness (QED) is 0.0169. The first-order valence-electron chi connectivity index (χ1n) is 41.2. The molecule has 0 aliphatic rings. The van der Waals surface area contributed by atoms with Crippen molar-refractivity contribution in [2.75, 3.05) is 39.6 Å². The van der Waals surface area contributed by atoms with Crippen molar-refractivity contribution in [3.8, 4) is 0 Å². The largest absolute Gasteiger partial charge is 0.472 e. The molecule has 0 fully saturated rings. The number of rotatable bonds is 78. The molecule has 0 saturated carbocycles. The average Bonchev–Trinajstić information content (AvgIpc) is 0.924. The molecule has 0 aliphatic heterocycles. The van der Waals surface area contributed by atoms with Gasteiger partial charge in [0.05, 0.1) is 26.4 Å². The lowest BCUT2D eigenvalue weighted by Gasteiger charge is -2.21. The third kappa shape index (κ3) is 74.8. The number of carbonyl (C=O) groups is 4. The van der Waals surface area contributed by atoms with Gasteiger partial charge in [0.2, 0.25) is 0 Å². The molecule has 0 heterocycles. The number of hydrogen-bond acceptors (Lipinski definition) is 15. The van der Waals surface area contributed by atoms with Crippen LogP contribution in [-0.4, -0.2) is 96.7 Å². The number of esters is 4. The fourth-order valence-corrected chi connectivity index (χ4v) is 13.0. The van der Waals surface area contributed by atoms with Crippen LogP contribution in [0.5, 0.6) is 0 Å². The van der Waals surface area contributed by atoms with Gasteiger partial charge in [-0.1, -0.05) is 325 Å². The number of phosphoric ester groups is 2. The van der Waals surface area contributed by atoms with Crippen LogP contribution >= 0.6 is 15.6 Å². The fourth-order valence-electron chi connectivity index (χ4n) is 11.4. The van der Waals surface area contributed by atoms with E-state index in [1.165, 1.54) is 135 Å². The second-order valence-corrected chi connectivity index (χ2v) is 30.6. The average molecular weight is 1480 g/mol. The second-order valence-electron chi connectivity index (χ2n) is 27.7. The number of phosphoric acid groups is 2. The Kier molecular flexibility index (Phi) is 73.1. The molecule has 102 heavy (non-hydrogen) atoms. The maximum Gasteiger partial charge on any atom is 0.472 e. The third-order valence-electron chi connectivity index (χ3n) is 17.7. The molecular weight excluding hydrogens is 1330 g/mol. The summed E-state index contributed by atoms with van der Waals surface area (Å²) < 4.78 is 68.7. The molecule has 0 bridgehead atoms. The van der Waals surface area contributed by atoms with E-state index in [-0.39, 0.29) is 25.7 Å². The first-order valence-corrected chi connectivity index (χ1v) is 44.2. The summed E-state index contributed by atoms with van der Waals surface area (Å²) in [5.41, 5.74) is 0. The van der Waals surface area contributed by atoms with E-state index in [1.807, 2.05) is 0 Å². The lowest BCUT2D eigenvalue weighted by molar-refractivity contribution is -0.161. The molecule has 0 aromatic carbocycles. The van der Waals surface area contributed by atoms with Gasteiger partial charge in [-0.15, -0.1) is 0 Å². The Morgan fingerprint density at radius 1 is 0.284 bits per heavy atom. The van der Waals surface area contributed by atoms with Crippen molar-refractivity contribution in [3.05, 3.63) is 72.9 Å². The molecule has 0 rings (SSSR count). The minimum atomic E-state index is -4.98. The molecule has 0 aromatic rings. The van der Waals surface area contributed by atoms with Gasteiger partial charge in [-0.2, -0.15) is 0 Å². The molecule has 19 heteroatoms. The molecule has 0 aliphatic carbocycles. The van der Waals surface area contributed by atoms with Gasteiger partial charge in [-0.25, -0.2) is 9.13 Å². The van der Waals surface area contributed by atoms with Crippen LogP contribution < -0.4 is 0 Å². The predicted octanol–water partition coefficient (Wildman–Crippen LogP) is 24.0. The van der Waals surface area contributed by atoms with Crippen LogP contribution in [0.15, 0.2) is 72.9 Å². The van der Waals surface area contributed by atoms with Crippen LogP contribution in [0.3, 0.4) is 0 Å². The van der Waals surface area contributed by atoms with Crippen molar-refractivity contribution >= 4 is 39.5 Å². The van der Waals surface area contributed by atoms with Crippen molar-refractivity contribution in [1.29, 1.82) is 0 Å². The van der Waals surface area contributed by atoms with E-state index in [0.29, 0.717) is 25.7 Å². The Hall–Kier alpha value is -3.50. The molecule has 0 aromatic heterocycles. The Labute approximate surface area is 622 Å². The van der Waals surface area contributed by atoms with Crippen LogP contribution in [0.1, 0.15) is 374 Å². The molecule has 17 nitrogen and oxygen atoms in total. The van der Waals surface area contributed by atoms with Gasteiger partial charge < -0.3 is 33.8 Å². The van der Waals surface area contributed by atoms with Gasteiger partial charge in [0.1, 0.15) is 19.3 Å². The monoisotopic (exact) mass is 1480 g/mol. The predicted molar refractivity (Wildman–Crippen MR) is 418 cm³/mol. The van der Waals surface area contributed by atoms with Crippen molar-refractivity contribution < 1.29 is 80.2 Å². The molecule has 0 radical (unpaired) electrons. The number of unbranched alkanes of at least 4 members (excludes halogenated alkanes) is 40. The Balaban J connectivity index is 5.33. The summed E-state index contributed by atoms with van der Waals surface area (Å²) in [5.74, 6) is -2.17. The highest BCUT2D eigenvalue weighted by Gasteiger charge is 2.30. The normalized spacial score (nSPS) is 14.2. The molecule has 5 unspecified atom stereocenters. The number of ether oxygens (including phenoxy) is 4. The first kappa shape index (κ1) is 98.5. The highest BCUT2D eigenvalue weighted by atomic mass is 31.2. The molecular formula is C83H150O17P2. The van der Waals surface area contributed by atoms with Gasteiger partial charge in [-0.05, 0) is 96.3 Å². The number of hydrogen-bond donors (Lipinski definition) is 3. The fraction of sp³-hybridized carbons (Fsp3) is 0.807. The van der Waals surface area contributed by atoms with Crippen LogP contribution in [0.25, 0.3) is 0 Å². The van der Waals surface area contributed by atoms with Crippen molar-refractivity contribution in [3.63, 3.8) is 0 Å². The van der Waals surface area contributed by atoms with Gasteiger partial charge in [-0.3, -0.25) is 37.3 Å². The summed E-state index contributed by atoms with van der Waals surface area (Å²) in [6.07, 6.45) is 77.2. The van der Waals surface area contributed by atoms with Crippen LogP contribution in [0, 0.1) is 0 Å². The van der Waals surface area contributed by atoms with Crippen LogP contribution in [-0.2, 0) is 65.4 Å². The van der Waals surface area contributed by atoms with E-state index in [4.69, 9.17) is 37.0 Å². The maximum atomic E-state index is 13.1. The Bertz CT molecular complexity index is 2210. The number of aliphatic hydroxyl groups excluding tert-OH is 1. The SMILES string of the molecule is CC/C=C\C/C=C\C/C=C\C/C=C\CCCCCCCCC(=O)OCC(COP(=O)(O)OCC(O)COP(=O)(O)OCC(COC(=O)CCCCCCC/C=C\C/C=C\CCCCC)OC(=O)CCCCCCCCCCCCCCC)OC(=O)CCCCCCCCCCCCCCCCC. The molecule has 0 spiro atoms. The summed E-state index contributed by atoms with van der Waals surface area (Å²) in [4.78, 5) is 73.1. The van der Waals surface area contributed by atoms with Crippen LogP contribution in [0.2, 0.25) is 0 Å². The number of aliphatic hydroxyl groups is 1. The summed E-state index contributed by atoms with van der Waals surface area (Å²) >= 11 is 0. The highest BCUT2D eigenvalue weighted by Crippen LogP contribution is 2.45. The molecule has 5 atom stereocenters. The summed E-state index contributed by atoms with van der Waals surface area (Å²) in [5, 5.41) is 10.6. The van der Waals surface area contributed by atoms with E-state index >= 15 is 0 Å². The lowest BCUT2D eigenvalue weighted by Crippen LogP contribution is -2.30. The molecule has 0 saturated heterocycles. The Morgan fingerprint density at radius 3 is 0.804 bits per heavy atom. The number of allylic oxidation sites excluding steroid dienone is 12. The summed E-state index contributed by atoms with van der Waals surface area (Å²) in [6.45, 7) is 4.79.